The van der Waals surface area contributed by atoms with Gasteiger partial charge in [0.15, 0.2) is 0 Å². The van der Waals surface area contributed by atoms with Gasteiger partial charge in [-0.3, -0.25) is 0 Å². The Morgan fingerprint density at radius 2 is 0.897 bits per heavy atom. The summed E-state index contributed by atoms with van der Waals surface area (Å²) in [7, 11) is 0. The van der Waals surface area contributed by atoms with E-state index in [1.54, 1.807) is 13.8 Å². The molecule has 0 bridgehead atoms. The van der Waals surface area contributed by atoms with E-state index in [-0.39, 0.29) is 21.7 Å². The van der Waals surface area contributed by atoms with Crippen molar-refractivity contribution in [1.29, 1.82) is 0 Å². The van der Waals surface area contributed by atoms with Gasteiger partial charge in [0.1, 0.15) is 0 Å². The number of hydrogen-bond acceptors (Lipinski definition) is 0. The van der Waals surface area contributed by atoms with Gasteiger partial charge in [-0.15, -0.1) is 35.4 Å². The Morgan fingerprint density at radius 3 is 1.07 bits per heavy atom. The van der Waals surface area contributed by atoms with Gasteiger partial charge in [0.25, 0.3) is 0 Å². The van der Waals surface area contributed by atoms with Gasteiger partial charge in [-0.1, -0.05) is 13.8 Å². The van der Waals surface area contributed by atoms with Crippen LogP contribution >= 0.6 is 0 Å². The van der Waals surface area contributed by atoms with Gasteiger partial charge < -0.3 is 0 Å². The Hall–Kier alpha value is -2.43. The molecule has 0 radical (unpaired) electrons. The maximum Gasteiger partial charge on any atom is 4.00 e. The van der Waals surface area contributed by atoms with E-state index in [0.717, 1.165) is 0 Å². The van der Waals surface area contributed by atoms with Crippen LogP contribution in [0, 0.1) is 49.2 Å². The Morgan fingerprint density at radius 1 is 0.586 bits per heavy atom. The van der Waals surface area contributed by atoms with E-state index in [2.05, 4.69) is 0 Å². The minimum absolute atomic E-state index is 0. The number of halogens is 4. The van der Waals surface area contributed by atoms with Crippen LogP contribution in [-0.2, 0) is 21.7 Å². The van der Waals surface area contributed by atoms with E-state index in [1.165, 1.54) is 24.3 Å². The second-order valence-corrected chi connectivity index (χ2v) is 5.53. The molecule has 0 nitrogen and oxygen atoms in total. The molecule has 0 unspecified atom stereocenters. The fourth-order valence-electron chi connectivity index (χ4n) is 1.67. The monoisotopic (exact) mass is 432 g/mol. The molecular weight excluding hydrogens is 412 g/mol. The first-order valence-corrected chi connectivity index (χ1v) is 8.41. The van der Waals surface area contributed by atoms with E-state index in [1.807, 2.05) is 72.8 Å². The van der Waals surface area contributed by atoms with Crippen LogP contribution in [0.4, 0.5) is 17.6 Å². The minimum Gasteiger partial charge on any atom is -0.236 e. The van der Waals surface area contributed by atoms with Crippen molar-refractivity contribution in [3.05, 3.63) is 131 Å². The standard InChI is InChI=1S/2C7H5F2.2C5H5.Ti/c2*1-5-2-3-6(8)4-7(5)9;2*1-2-4-5-3-1;/h2*2-3H,1H3;2*1-5H;/q4*-1;+4. The van der Waals surface area contributed by atoms with Gasteiger partial charge in [-0.05, 0) is 0 Å². The van der Waals surface area contributed by atoms with Gasteiger partial charge in [0, 0.05) is 23.3 Å². The van der Waals surface area contributed by atoms with E-state index in [0.29, 0.717) is 11.1 Å². The largest absolute Gasteiger partial charge is 4.00 e. The van der Waals surface area contributed by atoms with Gasteiger partial charge in [0.2, 0.25) is 0 Å². The first-order chi connectivity index (χ1) is 13.4. The smallest absolute Gasteiger partial charge is 0.236 e. The molecule has 0 atom stereocenters. The molecule has 0 heterocycles. The van der Waals surface area contributed by atoms with Crippen molar-refractivity contribution in [2.24, 2.45) is 0 Å². The van der Waals surface area contributed by atoms with Crippen molar-refractivity contribution in [2.45, 2.75) is 13.8 Å². The topological polar surface area (TPSA) is 0 Å². The Bertz CT molecular complexity index is 775. The molecule has 4 rings (SSSR count). The normalized spacial score (nSPS) is 8.76. The summed E-state index contributed by atoms with van der Waals surface area (Å²) in [6, 6.07) is 28.9. The fourth-order valence-corrected chi connectivity index (χ4v) is 1.67. The number of benzene rings is 2. The fraction of sp³-hybridized carbons (Fsp3) is 0.0833. The third kappa shape index (κ3) is 12.6. The maximum atomic E-state index is 12.3. The van der Waals surface area contributed by atoms with Gasteiger partial charge in [-0.2, -0.15) is 48.5 Å². The van der Waals surface area contributed by atoms with Gasteiger partial charge in [0.05, 0.1) is 0 Å². The summed E-state index contributed by atoms with van der Waals surface area (Å²) in [6.45, 7) is 3.12. The second-order valence-electron chi connectivity index (χ2n) is 5.53. The average molecular weight is 432 g/mol. The zero-order chi connectivity index (χ0) is 20.8. The van der Waals surface area contributed by atoms with Crippen LogP contribution in [0.15, 0.2) is 84.9 Å². The minimum atomic E-state index is -0.655. The van der Waals surface area contributed by atoms with E-state index >= 15 is 0 Å². The van der Waals surface area contributed by atoms with Gasteiger partial charge in [-0.25, -0.2) is 41.8 Å². The Kier molecular flexibility index (Phi) is 14.2. The predicted octanol–water partition coefficient (Wildman–Crippen LogP) is 6.96. The van der Waals surface area contributed by atoms with Crippen molar-refractivity contribution in [3.8, 4) is 0 Å². The van der Waals surface area contributed by atoms with Crippen LogP contribution < -0.4 is 0 Å². The van der Waals surface area contributed by atoms with Crippen LogP contribution in [0.1, 0.15) is 11.1 Å². The van der Waals surface area contributed by atoms with Crippen LogP contribution in [-0.4, -0.2) is 0 Å². The summed E-state index contributed by atoms with van der Waals surface area (Å²) in [4.78, 5) is 0. The summed E-state index contributed by atoms with van der Waals surface area (Å²) in [5.74, 6) is -2.54. The van der Waals surface area contributed by atoms with Crippen molar-refractivity contribution >= 4 is 0 Å². The summed E-state index contributed by atoms with van der Waals surface area (Å²) >= 11 is 0. The third-order valence-electron chi connectivity index (χ3n) is 3.22. The number of rotatable bonds is 0. The zero-order valence-electron chi connectivity index (χ0n) is 16.1. The summed E-state index contributed by atoms with van der Waals surface area (Å²) in [5, 5.41) is 0. The first-order valence-electron chi connectivity index (χ1n) is 8.41. The molecule has 0 saturated carbocycles. The predicted molar refractivity (Wildman–Crippen MR) is 104 cm³/mol. The molecule has 0 aliphatic carbocycles. The van der Waals surface area contributed by atoms with Crippen molar-refractivity contribution in [1.82, 2.24) is 0 Å². The van der Waals surface area contributed by atoms with Crippen LogP contribution in [0.5, 0.6) is 0 Å². The van der Waals surface area contributed by atoms with Crippen LogP contribution in [0.3, 0.4) is 0 Å². The van der Waals surface area contributed by atoms with Crippen molar-refractivity contribution in [3.63, 3.8) is 0 Å². The molecule has 29 heavy (non-hydrogen) atoms. The number of hydrogen-bond donors (Lipinski definition) is 0. The zero-order valence-corrected chi connectivity index (χ0v) is 17.7. The Labute approximate surface area is 184 Å². The molecular formula is C24H20F4Ti. The quantitative estimate of drug-likeness (QED) is 0.160. The van der Waals surface area contributed by atoms with E-state index in [9.17, 15) is 17.6 Å². The SMILES string of the molecule is Cc1ccc(F)[c-]c1F.Cc1ccc(F)[c-]c1F.[Ti+4].c1cc[cH-]c1.c1cc[cH-]c1. The van der Waals surface area contributed by atoms with Gasteiger partial charge >= 0.3 is 21.7 Å². The summed E-state index contributed by atoms with van der Waals surface area (Å²) in [6.07, 6.45) is 0. The second kappa shape index (κ2) is 15.5. The van der Waals surface area contributed by atoms with Crippen molar-refractivity contribution < 1.29 is 39.3 Å². The molecule has 148 valence electrons. The molecule has 5 heteroatoms. The summed E-state index contributed by atoms with van der Waals surface area (Å²) in [5.41, 5.74) is 0.827. The average Bonchev–Trinajstić information content (AvgIpc) is 3.41. The molecule has 4 aromatic rings. The first kappa shape index (κ1) is 26.6. The third-order valence-corrected chi connectivity index (χ3v) is 3.22. The van der Waals surface area contributed by atoms with E-state index < -0.39 is 23.3 Å². The maximum absolute atomic E-state index is 12.3. The molecule has 0 aliphatic heterocycles. The van der Waals surface area contributed by atoms with Crippen LogP contribution in [0.25, 0.3) is 0 Å². The summed E-state index contributed by atoms with van der Waals surface area (Å²) < 4.78 is 48.7. The molecule has 0 N–H and O–H groups in total. The Balaban J connectivity index is 0.000000369. The molecule has 0 aromatic heterocycles. The van der Waals surface area contributed by atoms with Crippen molar-refractivity contribution in [2.75, 3.05) is 0 Å². The van der Waals surface area contributed by atoms with Crippen LogP contribution in [0.2, 0.25) is 0 Å². The molecule has 0 saturated heterocycles. The molecule has 0 amide bonds. The molecule has 4 aromatic carbocycles. The molecule has 0 fully saturated rings. The molecule has 0 aliphatic rings. The van der Waals surface area contributed by atoms with E-state index in [4.69, 9.17) is 0 Å². The number of aryl methyl sites for hydroxylation is 2. The molecule has 0 spiro atoms.